The first kappa shape index (κ1) is 11.6. The Morgan fingerprint density at radius 1 is 1.44 bits per heavy atom. The Balaban J connectivity index is 2.20. The molecule has 0 atom stereocenters. The van der Waals surface area contributed by atoms with E-state index in [0.29, 0.717) is 11.4 Å². The van der Waals surface area contributed by atoms with Crippen molar-refractivity contribution in [2.75, 3.05) is 0 Å². The Labute approximate surface area is 103 Å². The molecule has 2 rings (SSSR count). The van der Waals surface area contributed by atoms with Crippen molar-refractivity contribution >= 4 is 22.9 Å². The van der Waals surface area contributed by atoms with Gasteiger partial charge in [-0.1, -0.05) is 24.6 Å². The summed E-state index contributed by atoms with van der Waals surface area (Å²) in [5.41, 5.74) is 0.917. The molecule has 0 N–H and O–H groups in total. The maximum absolute atomic E-state index is 12.8. The van der Waals surface area contributed by atoms with Crippen LogP contribution in [0.5, 0.6) is 0 Å². The average Bonchev–Trinajstić information content (AvgIpc) is 2.70. The molecule has 2 aromatic rings. The number of benzene rings is 1. The topological polar surface area (TPSA) is 12.9 Å². The maximum Gasteiger partial charge on any atom is 0.124 e. The molecular weight excluding hydrogens is 245 g/mol. The van der Waals surface area contributed by atoms with Crippen LogP contribution in [0.4, 0.5) is 4.39 Å². The van der Waals surface area contributed by atoms with Crippen molar-refractivity contribution in [3.63, 3.8) is 0 Å². The minimum atomic E-state index is -0.304. The van der Waals surface area contributed by atoms with E-state index in [1.807, 2.05) is 6.20 Å². The minimum absolute atomic E-state index is 0.304. The molecule has 0 aliphatic heterocycles. The Morgan fingerprint density at radius 3 is 2.88 bits per heavy atom. The Kier molecular flexibility index (Phi) is 3.56. The lowest BCUT2D eigenvalue weighted by atomic mass is 10.1. The fourth-order valence-corrected chi connectivity index (χ4v) is 2.54. The second-order valence-electron chi connectivity index (χ2n) is 3.49. The molecule has 4 heteroatoms. The molecule has 0 saturated heterocycles. The zero-order chi connectivity index (χ0) is 11.5. The van der Waals surface area contributed by atoms with Crippen LogP contribution >= 0.6 is 22.9 Å². The first-order chi connectivity index (χ1) is 7.69. The van der Waals surface area contributed by atoms with Crippen LogP contribution in [0, 0.1) is 5.82 Å². The molecule has 0 spiro atoms. The van der Waals surface area contributed by atoms with Crippen LogP contribution in [0.25, 0.3) is 0 Å². The lowest BCUT2D eigenvalue weighted by Crippen LogP contribution is -1.89. The van der Waals surface area contributed by atoms with Gasteiger partial charge in [-0.05, 0) is 24.1 Å². The standard InChI is InChI=1S/C12H11ClFNS/c1-2-10-7-15-12(16-10)5-8-3-4-9(14)6-11(8)13/h3-4,6-7H,2,5H2,1H3. The van der Waals surface area contributed by atoms with Crippen molar-refractivity contribution in [2.24, 2.45) is 0 Å². The first-order valence-electron chi connectivity index (χ1n) is 5.06. The average molecular weight is 256 g/mol. The Morgan fingerprint density at radius 2 is 2.25 bits per heavy atom. The van der Waals surface area contributed by atoms with Gasteiger partial charge in [0.2, 0.25) is 0 Å². The van der Waals surface area contributed by atoms with E-state index in [-0.39, 0.29) is 5.82 Å². The summed E-state index contributed by atoms with van der Waals surface area (Å²) >= 11 is 7.63. The third-order valence-electron chi connectivity index (χ3n) is 2.31. The van der Waals surface area contributed by atoms with Gasteiger partial charge < -0.3 is 0 Å². The van der Waals surface area contributed by atoms with E-state index >= 15 is 0 Å². The van der Waals surface area contributed by atoms with Gasteiger partial charge in [0.05, 0.1) is 5.01 Å². The molecule has 84 valence electrons. The summed E-state index contributed by atoms with van der Waals surface area (Å²) < 4.78 is 12.8. The van der Waals surface area contributed by atoms with Gasteiger partial charge in [-0.25, -0.2) is 9.37 Å². The molecule has 0 amide bonds. The molecule has 16 heavy (non-hydrogen) atoms. The van der Waals surface area contributed by atoms with Crippen LogP contribution in [0.2, 0.25) is 5.02 Å². The van der Waals surface area contributed by atoms with E-state index in [9.17, 15) is 4.39 Å². The molecule has 0 bridgehead atoms. The highest BCUT2D eigenvalue weighted by Crippen LogP contribution is 2.23. The minimum Gasteiger partial charge on any atom is -0.249 e. The number of aryl methyl sites for hydroxylation is 1. The molecule has 1 nitrogen and oxygen atoms in total. The van der Waals surface area contributed by atoms with Gasteiger partial charge in [-0.3, -0.25) is 0 Å². The van der Waals surface area contributed by atoms with Crippen LogP contribution in [-0.4, -0.2) is 4.98 Å². The first-order valence-corrected chi connectivity index (χ1v) is 6.26. The second kappa shape index (κ2) is 4.93. The largest absolute Gasteiger partial charge is 0.249 e. The van der Waals surface area contributed by atoms with Gasteiger partial charge in [0.15, 0.2) is 0 Å². The highest BCUT2D eigenvalue weighted by molar-refractivity contribution is 7.11. The van der Waals surface area contributed by atoms with Crippen molar-refractivity contribution in [3.05, 3.63) is 50.7 Å². The highest BCUT2D eigenvalue weighted by atomic mass is 35.5. The molecule has 0 saturated carbocycles. The van der Waals surface area contributed by atoms with E-state index in [0.717, 1.165) is 17.0 Å². The number of aromatic nitrogens is 1. The van der Waals surface area contributed by atoms with Crippen molar-refractivity contribution in [2.45, 2.75) is 19.8 Å². The monoisotopic (exact) mass is 255 g/mol. The van der Waals surface area contributed by atoms with Crippen molar-refractivity contribution in [1.29, 1.82) is 0 Å². The van der Waals surface area contributed by atoms with Crippen molar-refractivity contribution < 1.29 is 4.39 Å². The summed E-state index contributed by atoms with van der Waals surface area (Å²) in [7, 11) is 0. The number of thiazole rings is 1. The lowest BCUT2D eigenvalue weighted by Gasteiger charge is -2.01. The van der Waals surface area contributed by atoms with Crippen molar-refractivity contribution in [3.8, 4) is 0 Å². The van der Waals surface area contributed by atoms with Gasteiger partial charge in [0.25, 0.3) is 0 Å². The van der Waals surface area contributed by atoms with E-state index in [2.05, 4.69) is 11.9 Å². The summed E-state index contributed by atoms with van der Waals surface area (Å²) in [4.78, 5) is 5.57. The summed E-state index contributed by atoms with van der Waals surface area (Å²) in [5, 5.41) is 1.48. The lowest BCUT2D eigenvalue weighted by molar-refractivity contribution is 0.627. The number of hydrogen-bond acceptors (Lipinski definition) is 2. The van der Waals surface area contributed by atoms with Crippen LogP contribution in [0.1, 0.15) is 22.4 Å². The summed E-state index contributed by atoms with van der Waals surface area (Å²) in [5.74, 6) is -0.304. The highest BCUT2D eigenvalue weighted by Gasteiger charge is 2.06. The van der Waals surface area contributed by atoms with E-state index < -0.39 is 0 Å². The van der Waals surface area contributed by atoms with Gasteiger partial charge in [0.1, 0.15) is 5.82 Å². The molecule has 0 radical (unpaired) electrons. The zero-order valence-corrected chi connectivity index (χ0v) is 10.4. The fourth-order valence-electron chi connectivity index (χ4n) is 1.42. The summed E-state index contributed by atoms with van der Waals surface area (Å²) in [6.07, 6.45) is 3.55. The molecular formula is C12H11ClFNS. The van der Waals surface area contributed by atoms with Gasteiger partial charge in [-0.15, -0.1) is 11.3 Å². The number of rotatable bonds is 3. The van der Waals surface area contributed by atoms with Crippen molar-refractivity contribution in [1.82, 2.24) is 4.98 Å². The van der Waals surface area contributed by atoms with E-state index in [4.69, 9.17) is 11.6 Å². The van der Waals surface area contributed by atoms with Crippen LogP contribution in [0.15, 0.2) is 24.4 Å². The summed E-state index contributed by atoms with van der Waals surface area (Å²) in [6, 6.07) is 4.48. The Bertz CT molecular complexity index is 496. The quantitative estimate of drug-likeness (QED) is 0.805. The molecule has 1 aromatic heterocycles. The Hall–Kier alpha value is -0.930. The molecule has 1 heterocycles. The van der Waals surface area contributed by atoms with Gasteiger partial charge >= 0.3 is 0 Å². The predicted molar refractivity (Wildman–Crippen MR) is 65.7 cm³/mol. The molecule has 0 fully saturated rings. The van der Waals surface area contributed by atoms with Crippen LogP contribution < -0.4 is 0 Å². The zero-order valence-electron chi connectivity index (χ0n) is 8.84. The number of hydrogen-bond donors (Lipinski definition) is 0. The normalized spacial score (nSPS) is 10.7. The third-order valence-corrected chi connectivity index (χ3v) is 3.80. The second-order valence-corrected chi connectivity index (χ2v) is 5.09. The number of nitrogens with zero attached hydrogens (tertiary/aromatic N) is 1. The van der Waals surface area contributed by atoms with E-state index in [1.54, 1.807) is 17.4 Å². The molecule has 1 aromatic carbocycles. The SMILES string of the molecule is CCc1cnc(Cc2ccc(F)cc2Cl)s1. The van der Waals surface area contributed by atoms with Gasteiger partial charge in [0, 0.05) is 22.5 Å². The molecule has 0 aliphatic carbocycles. The van der Waals surface area contributed by atoms with Crippen LogP contribution in [-0.2, 0) is 12.8 Å². The third kappa shape index (κ3) is 2.60. The molecule has 0 aliphatic rings. The molecule has 0 unspecified atom stereocenters. The number of halogens is 2. The summed E-state index contributed by atoms with van der Waals surface area (Å²) in [6.45, 7) is 2.10. The smallest absolute Gasteiger partial charge is 0.124 e. The van der Waals surface area contributed by atoms with E-state index in [1.165, 1.54) is 17.0 Å². The fraction of sp³-hybridized carbons (Fsp3) is 0.250. The predicted octanol–water partition coefficient (Wildman–Crippen LogP) is 4.09. The van der Waals surface area contributed by atoms with Gasteiger partial charge in [-0.2, -0.15) is 0 Å². The maximum atomic E-state index is 12.8. The van der Waals surface area contributed by atoms with Crippen LogP contribution in [0.3, 0.4) is 0 Å².